The number of halogens is 1. The molecular weight excluding hydrogens is 406 g/mol. The SMILES string of the molecule is Cc1nnc(CN(C)C2(c3ccccc3Cl)CCCC(=Cc3cccs3)C2=O)o1. The third kappa shape index (κ3) is 3.80. The van der Waals surface area contributed by atoms with Crippen LogP contribution in [0, 0.1) is 6.92 Å². The number of Topliss-reactive ketones (excluding diaryl/α,β-unsaturated/α-hetero) is 1. The summed E-state index contributed by atoms with van der Waals surface area (Å²) < 4.78 is 5.58. The summed E-state index contributed by atoms with van der Waals surface area (Å²) in [6.07, 6.45) is 4.35. The number of hydrogen-bond donors (Lipinski definition) is 0. The van der Waals surface area contributed by atoms with Gasteiger partial charge in [0.1, 0.15) is 5.54 Å². The van der Waals surface area contributed by atoms with E-state index in [4.69, 9.17) is 16.0 Å². The third-order valence-electron chi connectivity index (χ3n) is 5.42. The molecule has 2 aromatic heterocycles. The van der Waals surface area contributed by atoms with Crippen molar-refractivity contribution < 1.29 is 9.21 Å². The number of nitrogens with zero attached hydrogens (tertiary/aromatic N) is 3. The number of aromatic nitrogens is 2. The number of aryl methyl sites for hydroxylation is 1. The molecule has 0 amide bonds. The van der Waals surface area contributed by atoms with Crippen LogP contribution in [0.3, 0.4) is 0 Å². The number of benzene rings is 1. The molecule has 1 unspecified atom stereocenters. The first kappa shape index (κ1) is 20.0. The number of carbonyl (C=O) groups excluding carboxylic acids is 1. The second-order valence-corrected chi connectivity index (χ2v) is 8.67. The molecule has 1 fully saturated rings. The maximum Gasteiger partial charge on any atom is 0.230 e. The molecule has 0 spiro atoms. The van der Waals surface area contributed by atoms with Gasteiger partial charge >= 0.3 is 0 Å². The highest BCUT2D eigenvalue weighted by atomic mass is 35.5. The van der Waals surface area contributed by atoms with E-state index in [-0.39, 0.29) is 5.78 Å². The molecule has 29 heavy (non-hydrogen) atoms. The fourth-order valence-electron chi connectivity index (χ4n) is 4.07. The van der Waals surface area contributed by atoms with Crippen LogP contribution in [-0.2, 0) is 16.9 Å². The van der Waals surface area contributed by atoms with Gasteiger partial charge in [-0.05, 0) is 61.0 Å². The Labute approximate surface area is 179 Å². The summed E-state index contributed by atoms with van der Waals surface area (Å²) in [6, 6.07) is 11.6. The maximum absolute atomic E-state index is 13.9. The lowest BCUT2D eigenvalue weighted by molar-refractivity contribution is -0.130. The van der Waals surface area contributed by atoms with E-state index in [1.807, 2.05) is 59.8 Å². The van der Waals surface area contributed by atoms with E-state index in [0.29, 0.717) is 29.8 Å². The molecule has 0 radical (unpaired) electrons. The van der Waals surface area contributed by atoms with Gasteiger partial charge in [-0.3, -0.25) is 9.69 Å². The molecule has 1 saturated carbocycles. The average molecular weight is 428 g/mol. The van der Waals surface area contributed by atoms with Crippen LogP contribution in [0.1, 0.15) is 41.5 Å². The van der Waals surface area contributed by atoms with Gasteiger partial charge in [0.15, 0.2) is 5.78 Å². The monoisotopic (exact) mass is 427 g/mol. The summed E-state index contributed by atoms with van der Waals surface area (Å²) in [5.41, 5.74) is 0.775. The van der Waals surface area contributed by atoms with E-state index in [9.17, 15) is 4.79 Å². The number of carbonyl (C=O) groups is 1. The van der Waals surface area contributed by atoms with Crippen LogP contribution in [0.25, 0.3) is 6.08 Å². The Kier molecular flexibility index (Phi) is 5.67. The predicted molar refractivity (Wildman–Crippen MR) is 115 cm³/mol. The lowest BCUT2D eigenvalue weighted by Crippen LogP contribution is -2.52. The zero-order chi connectivity index (χ0) is 20.4. The molecule has 4 rings (SSSR count). The van der Waals surface area contributed by atoms with Gasteiger partial charge in [-0.1, -0.05) is 35.9 Å². The Morgan fingerprint density at radius 2 is 2.10 bits per heavy atom. The Bertz CT molecular complexity index is 1040. The molecule has 1 aliphatic rings. The van der Waals surface area contributed by atoms with Gasteiger partial charge in [-0.2, -0.15) is 0 Å². The van der Waals surface area contributed by atoms with Crippen molar-refractivity contribution >= 4 is 34.8 Å². The number of likely N-dealkylation sites (N-methyl/N-ethyl adjacent to an activating group) is 1. The molecule has 1 aromatic carbocycles. The van der Waals surface area contributed by atoms with Crippen LogP contribution in [0.15, 0.2) is 51.8 Å². The topological polar surface area (TPSA) is 59.2 Å². The van der Waals surface area contributed by atoms with Crippen molar-refractivity contribution in [3.63, 3.8) is 0 Å². The molecule has 0 N–H and O–H groups in total. The Hall–Kier alpha value is -2.28. The molecule has 3 aromatic rings. The normalized spacial score (nSPS) is 21.2. The molecular formula is C22H22ClN3O2S. The Morgan fingerprint density at radius 3 is 2.79 bits per heavy atom. The van der Waals surface area contributed by atoms with Crippen molar-refractivity contribution in [2.75, 3.05) is 7.05 Å². The highest BCUT2D eigenvalue weighted by Crippen LogP contribution is 2.44. The summed E-state index contributed by atoms with van der Waals surface area (Å²) in [7, 11) is 1.93. The molecule has 150 valence electrons. The lowest BCUT2D eigenvalue weighted by atomic mass is 9.72. The molecule has 1 aliphatic carbocycles. The Balaban J connectivity index is 1.79. The fourth-order valence-corrected chi connectivity index (χ4v) is 5.05. The van der Waals surface area contributed by atoms with E-state index >= 15 is 0 Å². The third-order valence-corrected chi connectivity index (χ3v) is 6.57. The van der Waals surface area contributed by atoms with Gasteiger partial charge < -0.3 is 4.42 Å². The van der Waals surface area contributed by atoms with Crippen molar-refractivity contribution in [2.24, 2.45) is 0 Å². The van der Waals surface area contributed by atoms with E-state index in [2.05, 4.69) is 10.2 Å². The van der Waals surface area contributed by atoms with E-state index in [1.165, 1.54) is 0 Å². The van der Waals surface area contributed by atoms with Crippen LogP contribution in [0.5, 0.6) is 0 Å². The molecule has 5 nitrogen and oxygen atoms in total. The first-order valence-corrected chi connectivity index (χ1v) is 10.8. The van der Waals surface area contributed by atoms with Gasteiger partial charge in [0.05, 0.1) is 6.54 Å². The number of hydrogen-bond acceptors (Lipinski definition) is 6. The first-order valence-electron chi connectivity index (χ1n) is 9.55. The number of rotatable bonds is 5. The molecule has 0 bridgehead atoms. The second-order valence-electron chi connectivity index (χ2n) is 7.28. The smallest absolute Gasteiger partial charge is 0.230 e. The number of thiophene rings is 1. The summed E-state index contributed by atoms with van der Waals surface area (Å²) in [5, 5.41) is 10.6. The minimum atomic E-state index is -0.873. The molecule has 0 aliphatic heterocycles. The van der Waals surface area contributed by atoms with Crippen LogP contribution in [0.4, 0.5) is 0 Å². The predicted octanol–water partition coefficient (Wildman–Crippen LogP) is 5.26. The van der Waals surface area contributed by atoms with E-state index < -0.39 is 5.54 Å². The number of ketones is 1. The molecule has 7 heteroatoms. The van der Waals surface area contributed by atoms with Gasteiger partial charge in [0.2, 0.25) is 11.8 Å². The standard InChI is InChI=1S/C22H22ClN3O2S/c1-15-24-25-20(28-15)14-26(2)22(18-9-3-4-10-19(18)23)11-5-7-16(21(22)27)13-17-8-6-12-29-17/h3-4,6,8-10,12-13H,5,7,11,14H2,1-2H3. The highest BCUT2D eigenvalue weighted by Gasteiger charge is 2.48. The summed E-state index contributed by atoms with van der Waals surface area (Å²) in [6.45, 7) is 2.12. The Morgan fingerprint density at radius 1 is 1.28 bits per heavy atom. The van der Waals surface area contributed by atoms with Gasteiger partial charge in [-0.15, -0.1) is 21.5 Å². The quantitative estimate of drug-likeness (QED) is 0.520. The van der Waals surface area contributed by atoms with Crippen LogP contribution in [0.2, 0.25) is 5.02 Å². The maximum atomic E-state index is 13.9. The van der Waals surface area contributed by atoms with Gasteiger partial charge in [-0.25, -0.2) is 0 Å². The molecule has 1 atom stereocenters. The summed E-state index contributed by atoms with van der Waals surface area (Å²) in [4.78, 5) is 17.0. The fraction of sp³-hybridized carbons (Fsp3) is 0.318. The van der Waals surface area contributed by atoms with Crippen molar-refractivity contribution in [2.45, 2.75) is 38.3 Å². The second kappa shape index (κ2) is 8.22. The van der Waals surface area contributed by atoms with Crippen molar-refractivity contribution in [1.29, 1.82) is 0 Å². The first-order chi connectivity index (χ1) is 14.0. The average Bonchev–Trinajstić information content (AvgIpc) is 3.36. The lowest BCUT2D eigenvalue weighted by Gasteiger charge is -2.44. The summed E-state index contributed by atoms with van der Waals surface area (Å²) >= 11 is 8.24. The van der Waals surface area contributed by atoms with Crippen LogP contribution < -0.4 is 0 Å². The van der Waals surface area contributed by atoms with Gasteiger partial charge in [0.25, 0.3) is 0 Å². The molecule has 2 heterocycles. The van der Waals surface area contributed by atoms with Crippen LogP contribution in [-0.4, -0.2) is 27.9 Å². The summed E-state index contributed by atoms with van der Waals surface area (Å²) in [5.74, 6) is 1.08. The van der Waals surface area contributed by atoms with Crippen molar-refractivity contribution in [3.8, 4) is 0 Å². The minimum Gasteiger partial charge on any atom is -0.424 e. The van der Waals surface area contributed by atoms with E-state index in [0.717, 1.165) is 28.9 Å². The zero-order valence-corrected chi connectivity index (χ0v) is 18.0. The largest absolute Gasteiger partial charge is 0.424 e. The zero-order valence-electron chi connectivity index (χ0n) is 16.4. The van der Waals surface area contributed by atoms with Crippen molar-refractivity contribution in [1.82, 2.24) is 15.1 Å². The van der Waals surface area contributed by atoms with Crippen molar-refractivity contribution in [3.05, 3.63) is 74.6 Å². The minimum absolute atomic E-state index is 0.0870. The highest BCUT2D eigenvalue weighted by molar-refractivity contribution is 7.10. The van der Waals surface area contributed by atoms with Gasteiger partial charge in [0, 0.05) is 16.8 Å². The molecule has 0 saturated heterocycles. The van der Waals surface area contributed by atoms with E-state index in [1.54, 1.807) is 18.3 Å². The van der Waals surface area contributed by atoms with Crippen LogP contribution >= 0.6 is 22.9 Å².